The molecule has 2 rings (SSSR count). The van der Waals surface area contributed by atoms with Crippen molar-refractivity contribution in [2.75, 3.05) is 44.5 Å². The molecule has 1 saturated heterocycles. The Hall–Kier alpha value is -2.14. The number of ether oxygens (including phenoxy) is 2. The van der Waals surface area contributed by atoms with Crippen molar-refractivity contribution in [2.45, 2.75) is 32.6 Å². The number of imide groups is 1. The van der Waals surface area contributed by atoms with Gasteiger partial charge in [0.15, 0.2) is 0 Å². The quantitative estimate of drug-likeness (QED) is 0.509. The maximum atomic E-state index is 12.3. The zero-order chi connectivity index (χ0) is 22.1. The Labute approximate surface area is 180 Å². The van der Waals surface area contributed by atoms with Gasteiger partial charge >= 0.3 is 6.03 Å². The lowest BCUT2D eigenvalue weighted by atomic mass is 10.2. The lowest BCUT2D eigenvalue weighted by molar-refractivity contribution is -0.125. The van der Waals surface area contributed by atoms with E-state index in [4.69, 9.17) is 9.47 Å². The third-order valence-electron chi connectivity index (χ3n) is 4.21. The van der Waals surface area contributed by atoms with Crippen molar-refractivity contribution >= 4 is 34.6 Å². The smallest absolute Gasteiger partial charge is 0.321 e. The number of aliphatic hydroxyl groups excluding tert-OH is 1. The van der Waals surface area contributed by atoms with E-state index >= 15 is 0 Å². The maximum absolute atomic E-state index is 12.3. The standard InChI is InChI=1S/C20H29N3O6S/c1-14(2)29-9-8-28-12-17(24)11-22(3)19(26)21-16-6-4-15(5-7-16)10-23-18(25)13-30-20(23)27/h4-7,14,17,24H,8-13H2,1-3H3,(H,21,26). The first-order chi connectivity index (χ1) is 14.3. The van der Waals surface area contributed by atoms with E-state index in [1.54, 1.807) is 31.3 Å². The molecule has 166 valence electrons. The largest absolute Gasteiger partial charge is 0.389 e. The van der Waals surface area contributed by atoms with Crippen LogP contribution < -0.4 is 5.32 Å². The molecule has 1 fully saturated rings. The molecule has 2 N–H and O–H groups in total. The molecule has 1 aliphatic rings. The van der Waals surface area contributed by atoms with Crippen LogP contribution in [0.1, 0.15) is 19.4 Å². The summed E-state index contributed by atoms with van der Waals surface area (Å²) in [5, 5.41) is 12.5. The molecule has 0 bridgehead atoms. The van der Waals surface area contributed by atoms with Crippen LogP contribution >= 0.6 is 11.8 Å². The molecule has 0 spiro atoms. The number of carbonyl (C=O) groups is 3. The van der Waals surface area contributed by atoms with Gasteiger partial charge in [0.05, 0.1) is 50.9 Å². The van der Waals surface area contributed by atoms with E-state index in [1.165, 1.54) is 9.80 Å². The average Bonchev–Trinajstić information content (AvgIpc) is 3.00. The van der Waals surface area contributed by atoms with Crippen molar-refractivity contribution in [1.82, 2.24) is 9.80 Å². The highest BCUT2D eigenvalue weighted by molar-refractivity contribution is 8.14. The Morgan fingerprint density at radius 3 is 2.57 bits per heavy atom. The second-order valence-corrected chi connectivity index (χ2v) is 8.12. The van der Waals surface area contributed by atoms with Gasteiger partial charge in [-0.05, 0) is 31.5 Å². The molecule has 0 aliphatic carbocycles. The molecule has 1 heterocycles. The average molecular weight is 440 g/mol. The van der Waals surface area contributed by atoms with Crippen molar-refractivity contribution < 1.29 is 29.0 Å². The number of urea groups is 1. The van der Waals surface area contributed by atoms with Crippen molar-refractivity contribution in [3.8, 4) is 0 Å². The highest BCUT2D eigenvalue weighted by atomic mass is 32.2. The molecule has 1 aromatic carbocycles. The van der Waals surface area contributed by atoms with Crippen molar-refractivity contribution in [2.24, 2.45) is 0 Å². The van der Waals surface area contributed by atoms with E-state index < -0.39 is 6.10 Å². The highest BCUT2D eigenvalue weighted by Crippen LogP contribution is 2.21. The summed E-state index contributed by atoms with van der Waals surface area (Å²) in [5.74, 6) is -0.0129. The SMILES string of the molecule is CC(C)OCCOCC(O)CN(C)C(=O)Nc1ccc(CN2C(=O)CSC2=O)cc1. The number of nitrogens with zero attached hydrogens (tertiary/aromatic N) is 2. The number of amides is 4. The number of nitrogens with one attached hydrogen (secondary N) is 1. The van der Waals surface area contributed by atoms with Crippen LogP contribution in [0.5, 0.6) is 0 Å². The van der Waals surface area contributed by atoms with E-state index in [1.807, 2.05) is 13.8 Å². The predicted octanol–water partition coefficient (Wildman–Crippen LogP) is 2.15. The zero-order valence-electron chi connectivity index (χ0n) is 17.5. The minimum Gasteiger partial charge on any atom is -0.389 e. The van der Waals surface area contributed by atoms with Crippen LogP contribution in [0.3, 0.4) is 0 Å². The second kappa shape index (κ2) is 11.9. The minimum atomic E-state index is -0.810. The van der Waals surface area contributed by atoms with Crippen molar-refractivity contribution in [3.63, 3.8) is 0 Å². The lowest BCUT2D eigenvalue weighted by Crippen LogP contribution is -2.39. The van der Waals surface area contributed by atoms with Crippen molar-refractivity contribution in [1.29, 1.82) is 0 Å². The monoisotopic (exact) mass is 439 g/mol. The van der Waals surface area contributed by atoms with Gasteiger partial charge in [-0.3, -0.25) is 14.5 Å². The Bertz CT molecular complexity index is 712. The molecule has 9 nitrogen and oxygen atoms in total. The number of thioether (sulfide) groups is 1. The molecule has 1 atom stereocenters. The number of aliphatic hydroxyl groups is 1. The van der Waals surface area contributed by atoms with Gasteiger partial charge < -0.3 is 24.8 Å². The molecular weight excluding hydrogens is 410 g/mol. The Balaban J connectivity index is 1.72. The lowest BCUT2D eigenvalue weighted by Gasteiger charge is -2.21. The fraction of sp³-hybridized carbons (Fsp3) is 0.550. The first-order valence-electron chi connectivity index (χ1n) is 9.72. The fourth-order valence-corrected chi connectivity index (χ4v) is 3.37. The Kier molecular flexibility index (Phi) is 9.57. The van der Waals surface area contributed by atoms with Gasteiger partial charge in [0.25, 0.3) is 5.24 Å². The molecule has 1 unspecified atom stereocenters. The molecule has 1 aliphatic heterocycles. The predicted molar refractivity (Wildman–Crippen MR) is 114 cm³/mol. The summed E-state index contributed by atoms with van der Waals surface area (Å²) in [4.78, 5) is 38.2. The first kappa shape index (κ1) is 24.1. The number of hydrogen-bond donors (Lipinski definition) is 2. The molecule has 30 heavy (non-hydrogen) atoms. The van der Waals surface area contributed by atoms with E-state index in [9.17, 15) is 19.5 Å². The van der Waals surface area contributed by atoms with Gasteiger partial charge in [-0.15, -0.1) is 0 Å². The molecule has 1 aromatic rings. The van der Waals surface area contributed by atoms with Crippen LogP contribution in [-0.2, 0) is 20.8 Å². The summed E-state index contributed by atoms with van der Waals surface area (Å²) in [5.41, 5.74) is 1.36. The third kappa shape index (κ3) is 7.94. The van der Waals surface area contributed by atoms with Gasteiger partial charge in [-0.1, -0.05) is 23.9 Å². The van der Waals surface area contributed by atoms with Gasteiger partial charge in [0.1, 0.15) is 0 Å². The molecule has 0 radical (unpaired) electrons. The number of rotatable bonds is 11. The summed E-state index contributed by atoms with van der Waals surface area (Å²) in [6, 6.07) is 6.54. The molecular formula is C20H29N3O6S. The number of anilines is 1. The molecule has 0 aromatic heterocycles. The van der Waals surface area contributed by atoms with E-state index in [2.05, 4.69) is 5.32 Å². The van der Waals surface area contributed by atoms with Crippen LogP contribution in [0.15, 0.2) is 24.3 Å². The fourth-order valence-electron chi connectivity index (χ4n) is 2.64. The summed E-state index contributed by atoms with van der Waals surface area (Å²) in [7, 11) is 1.58. The van der Waals surface area contributed by atoms with Crippen LogP contribution in [0, 0.1) is 0 Å². The highest BCUT2D eigenvalue weighted by Gasteiger charge is 2.29. The Morgan fingerprint density at radius 2 is 1.97 bits per heavy atom. The van der Waals surface area contributed by atoms with Crippen LogP contribution in [0.25, 0.3) is 0 Å². The normalized spacial score (nSPS) is 15.0. The third-order valence-corrected chi connectivity index (χ3v) is 5.07. The van der Waals surface area contributed by atoms with Gasteiger partial charge in [0.2, 0.25) is 5.91 Å². The number of likely N-dealkylation sites (N-methyl/N-ethyl adjacent to an activating group) is 1. The van der Waals surface area contributed by atoms with Gasteiger partial charge in [0, 0.05) is 12.7 Å². The number of carbonyl (C=O) groups excluding carboxylic acids is 3. The first-order valence-corrected chi connectivity index (χ1v) is 10.7. The van der Waals surface area contributed by atoms with E-state index in [0.29, 0.717) is 18.9 Å². The van der Waals surface area contributed by atoms with Crippen LogP contribution in [-0.4, -0.2) is 83.5 Å². The second-order valence-electron chi connectivity index (χ2n) is 7.19. The summed E-state index contributed by atoms with van der Waals surface area (Å²) in [6.45, 7) is 5.15. The molecule has 10 heteroatoms. The maximum Gasteiger partial charge on any atom is 0.321 e. The van der Waals surface area contributed by atoms with E-state index in [-0.39, 0.29) is 48.7 Å². The van der Waals surface area contributed by atoms with E-state index in [0.717, 1.165) is 17.3 Å². The van der Waals surface area contributed by atoms with Gasteiger partial charge in [-0.25, -0.2) is 4.79 Å². The molecule has 4 amide bonds. The number of hydrogen-bond acceptors (Lipinski definition) is 7. The summed E-state index contributed by atoms with van der Waals surface area (Å²) in [6.07, 6.45) is -0.679. The van der Waals surface area contributed by atoms with Crippen LogP contribution in [0.2, 0.25) is 0 Å². The number of benzene rings is 1. The Morgan fingerprint density at radius 1 is 1.27 bits per heavy atom. The summed E-state index contributed by atoms with van der Waals surface area (Å²) < 4.78 is 10.7. The topological polar surface area (TPSA) is 108 Å². The van der Waals surface area contributed by atoms with Crippen LogP contribution in [0.4, 0.5) is 15.3 Å². The zero-order valence-corrected chi connectivity index (χ0v) is 18.3. The van der Waals surface area contributed by atoms with Crippen molar-refractivity contribution in [3.05, 3.63) is 29.8 Å². The summed E-state index contributed by atoms with van der Waals surface area (Å²) >= 11 is 1.000. The minimum absolute atomic E-state index is 0.111. The molecule has 0 saturated carbocycles. The van der Waals surface area contributed by atoms with Gasteiger partial charge in [-0.2, -0.15) is 0 Å².